The Morgan fingerprint density at radius 2 is 1.86 bits per heavy atom. The number of rotatable bonds is 7. The maximum atomic E-state index is 12.7. The van der Waals surface area contributed by atoms with Crippen molar-refractivity contribution in [3.63, 3.8) is 0 Å². The fraction of sp³-hybridized carbons (Fsp3) is 0.316. The van der Waals surface area contributed by atoms with Gasteiger partial charge in [-0.15, -0.1) is 0 Å². The van der Waals surface area contributed by atoms with Crippen molar-refractivity contribution in [2.45, 2.75) is 19.4 Å². The van der Waals surface area contributed by atoms with Crippen LogP contribution in [0.25, 0.3) is 0 Å². The Morgan fingerprint density at radius 1 is 1.14 bits per heavy atom. The Labute approximate surface area is 171 Å². The predicted molar refractivity (Wildman–Crippen MR) is 113 cm³/mol. The topological polar surface area (TPSA) is 105 Å². The smallest absolute Gasteiger partial charge is 0.250 e. The van der Waals surface area contributed by atoms with Gasteiger partial charge in [0.25, 0.3) is 0 Å². The van der Waals surface area contributed by atoms with Crippen LogP contribution >= 0.6 is 0 Å². The summed E-state index contributed by atoms with van der Waals surface area (Å²) in [4.78, 5) is 0. The van der Waals surface area contributed by atoms with Gasteiger partial charge in [0, 0.05) is 12.1 Å². The SMILES string of the molecule is CCS(=O)(=O)N1N=C(c2cccc(NS(C)(=O)=O)c2)C[C@@H]1c1cccc(OC)c1. The van der Waals surface area contributed by atoms with Gasteiger partial charge in [-0.05, 0) is 42.3 Å². The highest BCUT2D eigenvalue weighted by molar-refractivity contribution is 7.92. The number of methoxy groups -OCH3 is 1. The summed E-state index contributed by atoms with van der Waals surface area (Å²) in [6.45, 7) is 1.57. The second kappa shape index (κ2) is 8.03. The van der Waals surface area contributed by atoms with Crippen LogP contribution in [0.15, 0.2) is 53.6 Å². The van der Waals surface area contributed by atoms with Crippen molar-refractivity contribution in [2.24, 2.45) is 5.10 Å². The lowest BCUT2D eigenvalue weighted by Crippen LogP contribution is -2.28. The highest BCUT2D eigenvalue weighted by Gasteiger charge is 2.36. The van der Waals surface area contributed by atoms with Crippen LogP contribution in [-0.2, 0) is 20.0 Å². The largest absolute Gasteiger partial charge is 0.497 e. The normalized spacial score (nSPS) is 17.1. The number of hydrogen-bond donors (Lipinski definition) is 1. The van der Waals surface area contributed by atoms with E-state index in [0.717, 1.165) is 16.2 Å². The molecule has 10 heteroatoms. The molecule has 0 saturated heterocycles. The van der Waals surface area contributed by atoms with Crippen molar-refractivity contribution in [2.75, 3.05) is 23.8 Å². The molecule has 3 rings (SSSR count). The summed E-state index contributed by atoms with van der Waals surface area (Å²) in [6, 6.07) is 13.5. The second-order valence-corrected chi connectivity index (χ2v) is 10.5. The Balaban J connectivity index is 2.01. The lowest BCUT2D eigenvalue weighted by molar-refractivity contribution is 0.369. The molecule has 1 atom stereocenters. The molecule has 0 fully saturated rings. The third kappa shape index (κ3) is 4.88. The van der Waals surface area contributed by atoms with Gasteiger partial charge in [0.2, 0.25) is 20.0 Å². The van der Waals surface area contributed by atoms with Gasteiger partial charge < -0.3 is 4.74 Å². The van der Waals surface area contributed by atoms with E-state index in [-0.39, 0.29) is 5.75 Å². The fourth-order valence-corrected chi connectivity index (χ4v) is 4.75. The summed E-state index contributed by atoms with van der Waals surface area (Å²) in [7, 11) is -5.48. The van der Waals surface area contributed by atoms with Gasteiger partial charge in [-0.25, -0.2) is 16.8 Å². The minimum absolute atomic E-state index is 0.0834. The van der Waals surface area contributed by atoms with Crippen LogP contribution in [0.2, 0.25) is 0 Å². The van der Waals surface area contributed by atoms with Crippen LogP contribution < -0.4 is 9.46 Å². The van der Waals surface area contributed by atoms with Crippen molar-refractivity contribution in [1.29, 1.82) is 0 Å². The van der Waals surface area contributed by atoms with Crippen LogP contribution in [0.5, 0.6) is 5.75 Å². The second-order valence-electron chi connectivity index (χ2n) is 6.67. The molecular weight excluding hydrogens is 414 g/mol. The molecule has 0 saturated carbocycles. The van der Waals surface area contributed by atoms with Gasteiger partial charge >= 0.3 is 0 Å². The highest BCUT2D eigenvalue weighted by atomic mass is 32.2. The van der Waals surface area contributed by atoms with Crippen LogP contribution in [0.1, 0.15) is 30.5 Å². The maximum Gasteiger partial charge on any atom is 0.250 e. The van der Waals surface area contributed by atoms with Gasteiger partial charge in [0.1, 0.15) is 5.75 Å². The average Bonchev–Trinajstić information content (AvgIpc) is 3.13. The van der Waals surface area contributed by atoms with Gasteiger partial charge in [-0.1, -0.05) is 24.3 Å². The first-order valence-electron chi connectivity index (χ1n) is 8.94. The maximum absolute atomic E-state index is 12.7. The molecule has 2 aromatic carbocycles. The number of ether oxygens (including phenoxy) is 1. The summed E-state index contributed by atoms with van der Waals surface area (Å²) in [6.07, 6.45) is 1.43. The zero-order chi connectivity index (χ0) is 21.2. The van der Waals surface area contributed by atoms with E-state index in [9.17, 15) is 16.8 Å². The van der Waals surface area contributed by atoms with Crippen molar-refractivity contribution in [3.05, 3.63) is 59.7 Å². The summed E-state index contributed by atoms with van der Waals surface area (Å²) < 4.78 is 57.2. The molecule has 1 N–H and O–H groups in total. The van der Waals surface area contributed by atoms with E-state index in [4.69, 9.17) is 4.74 Å². The lowest BCUT2D eigenvalue weighted by atomic mass is 9.99. The molecule has 1 heterocycles. The Morgan fingerprint density at radius 3 is 2.52 bits per heavy atom. The molecule has 156 valence electrons. The summed E-state index contributed by atoms with van der Waals surface area (Å²) in [5.74, 6) is 0.545. The molecule has 0 bridgehead atoms. The Hall–Kier alpha value is -2.59. The molecule has 0 aromatic heterocycles. The van der Waals surface area contributed by atoms with Crippen LogP contribution in [0.4, 0.5) is 5.69 Å². The number of nitrogens with zero attached hydrogens (tertiary/aromatic N) is 2. The molecule has 0 spiro atoms. The quantitative estimate of drug-likeness (QED) is 0.717. The highest BCUT2D eigenvalue weighted by Crippen LogP contribution is 2.36. The number of anilines is 1. The molecule has 0 unspecified atom stereocenters. The van der Waals surface area contributed by atoms with Gasteiger partial charge in [0.05, 0.1) is 30.9 Å². The minimum atomic E-state index is -3.60. The van der Waals surface area contributed by atoms with Crippen molar-refractivity contribution < 1.29 is 21.6 Å². The van der Waals surface area contributed by atoms with Crippen LogP contribution in [0.3, 0.4) is 0 Å². The van der Waals surface area contributed by atoms with E-state index < -0.39 is 26.1 Å². The van der Waals surface area contributed by atoms with E-state index in [1.807, 2.05) is 6.07 Å². The monoisotopic (exact) mass is 437 g/mol. The van der Waals surface area contributed by atoms with Gasteiger partial charge in [-0.3, -0.25) is 4.72 Å². The first kappa shape index (κ1) is 21.1. The first-order valence-corrected chi connectivity index (χ1v) is 12.4. The molecule has 0 aliphatic carbocycles. The van der Waals surface area contributed by atoms with Crippen molar-refractivity contribution >= 4 is 31.4 Å². The molecule has 8 nitrogen and oxygen atoms in total. The average molecular weight is 438 g/mol. The summed E-state index contributed by atoms with van der Waals surface area (Å²) >= 11 is 0. The predicted octanol–water partition coefficient (Wildman–Crippen LogP) is 2.57. The van der Waals surface area contributed by atoms with E-state index in [1.54, 1.807) is 56.5 Å². The number of benzene rings is 2. The van der Waals surface area contributed by atoms with Crippen LogP contribution in [0, 0.1) is 0 Å². The van der Waals surface area contributed by atoms with Crippen LogP contribution in [-0.4, -0.2) is 46.1 Å². The first-order chi connectivity index (χ1) is 13.6. The number of hydrogen-bond acceptors (Lipinski definition) is 6. The zero-order valence-electron chi connectivity index (χ0n) is 16.4. The number of sulfonamides is 2. The summed E-state index contributed by atoms with van der Waals surface area (Å²) in [5, 5.41) is 4.40. The lowest BCUT2D eigenvalue weighted by Gasteiger charge is -2.23. The molecule has 1 aliphatic rings. The number of nitrogens with one attached hydrogen (secondary N) is 1. The third-order valence-electron chi connectivity index (χ3n) is 4.50. The molecule has 2 aromatic rings. The molecule has 29 heavy (non-hydrogen) atoms. The van der Waals surface area contributed by atoms with Crippen molar-refractivity contribution in [3.8, 4) is 5.75 Å². The van der Waals surface area contributed by atoms with E-state index in [0.29, 0.717) is 29.1 Å². The zero-order valence-corrected chi connectivity index (χ0v) is 18.0. The van der Waals surface area contributed by atoms with E-state index in [1.165, 1.54) is 0 Å². The minimum Gasteiger partial charge on any atom is -0.497 e. The Bertz CT molecular complexity index is 1140. The molecular formula is C19H23N3O5S2. The molecule has 0 radical (unpaired) electrons. The number of hydrazone groups is 1. The molecule has 0 amide bonds. The van der Waals surface area contributed by atoms with Gasteiger partial charge in [0.15, 0.2) is 0 Å². The molecule has 1 aliphatic heterocycles. The summed E-state index contributed by atoms with van der Waals surface area (Å²) in [5.41, 5.74) is 2.38. The van der Waals surface area contributed by atoms with Gasteiger partial charge in [-0.2, -0.15) is 9.52 Å². The van der Waals surface area contributed by atoms with Crippen molar-refractivity contribution in [1.82, 2.24) is 4.41 Å². The third-order valence-corrected chi connectivity index (χ3v) is 6.74. The fourth-order valence-electron chi connectivity index (χ4n) is 3.13. The Kier molecular flexibility index (Phi) is 5.85. The standard InChI is InChI=1S/C19H23N3O5S2/c1-4-29(25,26)22-19(15-8-6-10-17(12-15)27-2)13-18(20-22)14-7-5-9-16(11-14)21-28(3,23)24/h5-12,19,21H,4,13H2,1-3H3/t19-/m1/s1. The van der Waals surface area contributed by atoms with E-state index >= 15 is 0 Å². The van der Waals surface area contributed by atoms with E-state index in [2.05, 4.69) is 9.82 Å².